The summed E-state index contributed by atoms with van der Waals surface area (Å²) in [6.07, 6.45) is 0.190. The van der Waals surface area contributed by atoms with Crippen molar-refractivity contribution in [1.29, 1.82) is 0 Å². The van der Waals surface area contributed by atoms with Gasteiger partial charge in [-0.25, -0.2) is 4.79 Å². The van der Waals surface area contributed by atoms with Crippen molar-refractivity contribution in [2.24, 2.45) is 0 Å². The van der Waals surface area contributed by atoms with Gasteiger partial charge in [0, 0.05) is 13.5 Å². The molecule has 0 aromatic rings. The van der Waals surface area contributed by atoms with Crippen LogP contribution in [0.25, 0.3) is 0 Å². The highest BCUT2D eigenvalue weighted by Gasteiger charge is 2.03. The molecule has 4 nitrogen and oxygen atoms in total. The Kier molecular flexibility index (Phi) is 6.47. The lowest BCUT2D eigenvalue weighted by Crippen LogP contribution is -2.13. The molecule has 0 rings (SSSR count). The summed E-state index contributed by atoms with van der Waals surface area (Å²) >= 11 is 0. The van der Waals surface area contributed by atoms with Gasteiger partial charge >= 0.3 is 6.16 Å². The Labute approximate surface area is 72.8 Å². The maximum absolute atomic E-state index is 10.6. The second kappa shape index (κ2) is 6.91. The minimum Gasteiger partial charge on any atom is -0.435 e. The van der Waals surface area contributed by atoms with Gasteiger partial charge in [-0.2, -0.15) is 0 Å². The fourth-order valence-electron chi connectivity index (χ4n) is 0.586. The summed E-state index contributed by atoms with van der Waals surface area (Å²) < 4.78 is 14.2. The van der Waals surface area contributed by atoms with E-state index in [0.717, 1.165) is 0 Å². The molecule has 0 aliphatic rings. The quantitative estimate of drug-likeness (QED) is 0.596. The SMILES string of the molecule is CCOC(=O)OCCC(C)OC. The number of ether oxygens (including phenoxy) is 3. The Balaban J connectivity index is 3.24. The van der Waals surface area contributed by atoms with Gasteiger partial charge in [0.25, 0.3) is 0 Å². The third-order valence-corrected chi connectivity index (χ3v) is 1.41. The zero-order valence-electron chi connectivity index (χ0n) is 7.83. The molecule has 0 aromatic carbocycles. The van der Waals surface area contributed by atoms with E-state index in [-0.39, 0.29) is 6.10 Å². The van der Waals surface area contributed by atoms with Gasteiger partial charge < -0.3 is 14.2 Å². The van der Waals surface area contributed by atoms with E-state index in [4.69, 9.17) is 9.47 Å². The van der Waals surface area contributed by atoms with Crippen molar-refractivity contribution in [3.05, 3.63) is 0 Å². The summed E-state index contributed by atoms with van der Waals surface area (Å²) in [5, 5.41) is 0. The number of methoxy groups -OCH3 is 1. The second-order valence-corrected chi connectivity index (χ2v) is 2.37. The van der Waals surface area contributed by atoms with Crippen LogP contribution in [0.2, 0.25) is 0 Å². The largest absolute Gasteiger partial charge is 0.508 e. The van der Waals surface area contributed by atoms with Crippen LogP contribution in [0.3, 0.4) is 0 Å². The standard InChI is InChI=1S/C8H16O4/c1-4-11-8(9)12-6-5-7(2)10-3/h7H,4-6H2,1-3H3. The van der Waals surface area contributed by atoms with Crippen LogP contribution in [0.4, 0.5) is 4.79 Å². The molecule has 4 heteroatoms. The fourth-order valence-corrected chi connectivity index (χ4v) is 0.586. The lowest BCUT2D eigenvalue weighted by atomic mass is 10.3. The Morgan fingerprint density at radius 2 is 2.08 bits per heavy atom. The van der Waals surface area contributed by atoms with Crippen LogP contribution >= 0.6 is 0 Å². The average molecular weight is 176 g/mol. The number of carbonyl (C=O) groups is 1. The summed E-state index contributed by atoms with van der Waals surface area (Å²) in [4.78, 5) is 10.6. The molecule has 0 fully saturated rings. The Morgan fingerprint density at radius 3 is 2.58 bits per heavy atom. The molecule has 0 aromatic heterocycles. The van der Waals surface area contributed by atoms with Gasteiger partial charge in [-0.15, -0.1) is 0 Å². The van der Waals surface area contributed by atoms with Crippen LogP contribution in [0, 0.1) is 0 Å². The summed E-state index contributed by atoms with van der Waals surface area (Å²) in [7, 11) is 1.62. The number of hydrogen-bond donors (Lipinski definition) is 0. The number of carbonyl (C=O) groups excluding carboxylic acids is 1. The van der Waals surface area contributed by atoms with Crippen LogP contribution in [0.5, 0.6) is 0 Å². The fraction of sp³-hybridized carbons (Fsp3) is 0.875. The molecule has 1 unspecified atom stereocenters. The van der Waals surface area contributed by atoms with E-state index in [0.29, 0.717) is 19.6 Å². The maximum atomic E-state index is 10.6. The lowest BCUT2D eigenvalue weighted by molar-refractivity contribution is 0.0397. The third kappa shape index (κ3) is 5.97. The minimum atomic E-state index is -0.610. The van der Waals surface area contributed by atoms with E-state index in [2.05, 4.69) is 4.74 Å². The van der Waals surface area contributed by atoms with Crippen molar-refractivity contribution in [1.82, 2.24) is 0 Å². The van der Waals surface area contributed by atoms with Crippen LogP contribution in [-0.2, 0) is 14.2 Å². The van der Waals surface area contributed by atoms with E-state index in [9.17, 15) is 4.79 Å². The normalized spacial score (nSPS) is 12.2. The van der Waals surface area contributed by atoms with Crippen molar-refractivity contribution >= 4 is 6.16 Å². The van der Waals surface area contributed by atoms with Gasteiger partial charge in [0.2, 0.25) is 0 Å². The van der Waals surface area contributed by atoms with E-state index in [1.165, 1.54) is 0 Å². The molecule has 12 heavy (non-hydrogen) atoms. The van der Waals surface area contributed by atoms with Crippen LogP contribution in [0.15, 0.2) is 0 Å². The molecule has 0 saturated heterocycles. The van der Waals surface area contributed by atoms with Crippen molar-refractivity contribution in [2.75, 3.05) is 20.3 Å². The summed E-state index contributed by atoms with van der Waals surface area (Å²) in [6.45, 7) is 4.33. The predicted molar refractivity (Wildman–Crippen MR) is 44.1 cm³/mol. The molecule has 0 heterocycles. The van der Waals surface area contributed by atoms with Gasteiger partial charge in [0.1, 0.15) is 0 Å². The van der Waals surface area contributed by atoms with Crippen LogP contribution in [-0.4, -0.2) is 32.6 Å². The zero-order chi connectivity index (χ0) is 9.40. The molecule has 0 aliphatic carbocycles. The first-order valence-corrected chi connectivity index (χ1v) is 4.03. The Bertz CT molecular complexity index is 124. The highest BCUT2D eigenvalue weighted by atomic mass is 16.7. The smallest absolute Gasteiger partial charge is 0.435 e. The molecule has 0 aliphatic heterocycles. The van der Waals surface area contributed by atoms with Gasteiger partial charge in [-0.1, -0.05) is 0 Å². The van der Waals surface area contributed by atoms with Gasteiger partial charge in [-0.3, -0.25) is 0 Å². The zero-order valence-corrected chi connectivity index (χ0v) is 7.83. The van der Waals surface area contributed by atoms with E-state index < -0.39 is 6.16 Å². The van der Waals surface area contributed by atoms with Gasteiger partial charge in [0.05, 0.1) is 19.3 Å². The molecule has 0 amide bonds. The minimum absolute atomic E-state index is 0.111. The highest BCUT2D eigenvalue weighted by molar-refractivity contribution is 5.59. The Morgan fingerprint density at radius 1 is 1.42 bits per heavy atom. The van der Waals surface area contributed by atoms with E-state index in [1.54, 1.807) is 14.0 Å². The van der Waals surface area contributed by atoms with Crippen LogP contribution < -0.4 is 0 Å². The molecular formula is C8H16O4. The Hall–Kier alpha value is -0.770. The predicted octanol–water partition coefficient (Wildman–Crippen LogP) is 1.58. The number of hydrogen-bond acceptors (Lipinski definition) is 4. The van der Waals surface area contributed by atoms with E-state index in [1.807, 2.05) is 6.92 Å². The molecule has 72 valence electrons. The highest BCUT2D eigenvalue weighted by Crippen LogP contribution is 1.96. The second-order valence-electron chi connectivity index (χ2n) is 2.37. The number of rotatable bonds is 5. The molecular weight excluding hydrogens is 160 g/mol. The van der Waals surface area contributed by atoms with Crippen LogP contribution in [0.1, 0.15) is 20.3 Å². The first-order chi connectivity index (χ1) is 5.70. The van der Waals surface area contributed by atoms with Crippen molar-refractivity contribution in [3.8, 4) is 0 Å². The summed E-state index contributed by atoms with van der Waals surface area (Å²) in [5.74, 6) is 0. The summed E-state index contributed by atoms with van der Waals surface area (Å²) in [5.41, 5.74) is 0. The molecule has 0 saturated carbocycles. The van der Waals surface area contributed by atoms with E-state index >= 15 is 0 Å². The lowest BCUT2D eigenvalue weighted by Gasteiger charge is -2.08. The van der Waals surface area contributed by atoms with Crippen molar-refractivity contribution < 1.29 is 19.0 Å². The monoisotopic (exact) mass is 176 g/mol. The molecule has 0 N–H and O–H groups in total. The van der Waals surface area contributed by atoms with Gasteiger partial charge in [0.15, 0.2) is 0 Å². The molecule has 0 bridgehead atoms. The first kappa shape index (κ1) is 11.2. The van der Waals surface area contributed by atoms with Crippen molar-refractivity contribution in [2.45, 2.75) is 26.4 Å². The molecule has 0 spiro atoms. The molecule has 0 radical (unpaired) electrons. The maximum Gasteiger partial charge on any atom is 0.508 e. The topological polar surface area (TPSA) is 44.8 Å². The summed E-state index contributed by atoms with van der Waals surface area (Å²) in [6, 6.07) is 0. The molecule has 1 atom stereocenters. The van der Waals surface area contributed by atoms with Crippen molar-refractivity contribution in [3.63, 3.8) is 0 Å². The van der Waals surface area contributed by atoms with Gasteiger partial charge in [-0.05, 0) is 13.8 Å². The average Bonchev–Trinajstić information content (AvgIpc) is 2.04. The third-order valence-electron chi connectivity index (χ3n) is 1.41. The first-order valence-electron chi connectivity index (χ1n) is 4.03.